The minimum atomic E-state index is -0.728. The van der Waals surface area contributed by atoms with Crippen molar-refractivity contribution in [3.63, 3.8) is 0 Å². The van der Waals surface area contributed by atoms with Crippen LogP contribution in [0.2, 0.25) is 0 Å². The zero-order valence-electron chi connectivity index (χ0n) is 16.4. The van der Waals surface area contributed by atoms with Crippen LogP contribution in [0, 0.1) is 17.2 Å². The van der Waals surface area contributed by atoms with Crippen molar-refractivity contribution in [3.05, 3.63) is 0 Å². The number of hydrogen-bond acceptors (Lipinski definition) is 4. The normalized spacial score (nSPS) is 24.4. The van der Waals surface area contributed by atoms with Gasteiger partial charge in [-0.3, -0.25) is 9.69 Å². The molecule has 3 rings (SSSR count). The Kier molecular flexibility index (Phi) is 6.59. The van der Waals surface area contributed by atoms with Gasteiger partial charge in [-0.05, 0) is 51.4 Å². The van der Waals surface area contributed by atoms with Crippen molar-refractivity contribution in [2.75, 3.05) is 19.6 Å². The number of likely N-dealkylation sites (tertiary alicyclic amines) is 1. The fraction of sp³-hybridized carbons (Fsp3) is 0.850. The molecule has 3 aliphatic rings. The summed E-state index contributed by atoms with van der Waals surface area (Å²) in [5.41, 5.74) is -0.728. The van der Waals surface area contributed by atoms with Crippen LogP contribution in [0.25, 0.3) is 0 Å². The number of carbonyl (C=O) groups is 2. The summed E-state index contributed by atoms with van der Waals surface area (Å²) in [6.07, 6.45) is 9.60. The van der Waals surface area contributed by atoms with Crippen molar-refractivity contribution in [1.82, 2.24) is 20.9 Å². The van der Waals surface area contributed by atoms with Crippen LogP contribution in [0.5, 0.6) is 0 Å². The quantitative estimate of drug-likeness (QED) is 0.660. The average Bonchev–Trinajstić information content (AvgIpc) is 3.49. The molecule has 0 spiro atoms. The fourth-order valence-corrected chi connectivity index (χ4v) is 4.31. The number of urea groups is 1. The van der Waals surface area contributed by atoms with E-state index in [0.29, 0.717) is 18.5 Å². The monoisotopic (exact) mass is 375 g/mol. The highest BCUT2D eigenvalue weighted by atomic mass is 16.2. The maximum atomic E-state index is 12.3. The molecular formula is C20H33N5O2. The summed E-state index contributed by atoms with van der Waals surface area (Å²) in [6, 6.07) is 2.71. The molecule has 7 heteroatoms. The molecule has 1 heterocycles. The largest absolute Gasteiger partial charge is 0.337 e. The first-order valence-corrected chi connectivity index (χ1v) is 10.5. The van der Waals surface area contributed by atoms with E-state index in [1.165, 1.54) is 19.3 Å². The van der Waals surface area contributed by atoms with Crippen LogP contribution in [0.1, 0.15) is 64.7 Å². The smallest absolute Gasteiger partial charge is 0.315 e. The van der Waals surface area contributed by atoms with Gasteiger partial charge in [0.15, 0.2) is 0 Å². The highest BCUT2D eigenvalue weighted by Crippen LogP contribution is 2.39. The molecule has 2 saturated carbocycles. The lowest BCUT2D eigenvalue weighted by Crippen LogP contribution is -2.53. The average molecular weight is 376 g/mol. The predicted molar refractivity (Wildman–Crippen MR) is 103 cm³/mol. The summed E-state index contributed by atoms with van der Waals surface area (Å²) < 4.78 is 0. The summed E-state index contributed by atoms with van der Waals surface area (Å²) >= 11 is 0. The zero-order chi connectivity index (χ0) is 19.3. The zero-order valence-corrected chi connectivity index (χ0v) is 16.4. The molecule has 1 atom stereocenters. The third-order valence-electron chi connectivity index (χ3n) is 6.26. The molecular weight excluding hydrogens is 342 g/mol. The van der Waals surface area contributed by atoms with E-state index in [-0.39, 0.29) is 18.0 Å². The van der Waals surface area contributed by atoms with Gasteiger partial charge in [0, 0.05) is 25.2 Å². The predicted octanol–water partition coefficient (Wildman–Crippen LogP) is 1.89. The third kappa shape index (κ3) is 5.83. The molecule has 0 aromatic rings. The number of nitrogens with one attached hydrogen (secondary N) is 3. The first-order valence-electron chi connectivity index (χ1n) is 10.5. The molecule has 1 saturated heterocycles. The van der Waals surface area contributed by atoms with Crippen LogP contribution >= 0.6 is 0 Å². The van der Waals surface area contributed by atoms with Gasteiger partial charge in [-0.2, -0.15) is 5.26 Å². The number of amides is 3. The Morgan fingerprint density at radius 3 is 2.15 bits per heavy atom. The maximum Gasteiger partial charge on any atom is 0.315 e. The molecule has 3 amide bonds. The second kappa shape index (κ2) is 8.92. The summed E-state index contributed by atoms with van der Waals surface area (Å²) in [7, 11) is 0. The van der Waals surface area contributed by atoms with Crippen molar-refractivity contribution in [2.45, 2.75) is 82.3 Å². The minimum Gasteiger partial charge on any atom is -0.337 e. The van der Waals surface area contributed by atoms with Gasteiger partial charge in [-0.15, -0.1) is 0 Å². The Hall–Kier alpha value is -1.81. The summed E-state index contributed by atoms with van der Waals surface area (Å²) in [5.74, 6) is 0.219. The van der Waals surface area contributed by atoms with Gasteiger partial charge >= 0.3 is 6.03 Å². The van der Waals surface area contributed by atoms with Crippen LogP contribution in [0.15, 0.2) is 0 Å². The van der Waals surface area contributed by atoms with E-state index >= 15 is 0 Å². The Morgan fingerprint density at radius 1 is 1.00 bits per heavy atom. The molecule has 27 heavy (non-hydrogen) atoms. The van der Waals surface area contributed by atoms with Crippen molar-refractivity contribution in [3.8, 4) is 6.07 Å². The summed E-state index contributed by atoms with van der Waals surface area (Å²) in [4.78, 5) is 26.6. The second-order valence-electron chi connectivity index (χ2n) is 8.64. The highest BCUT2D eigenvalue weighted by molar-refractivity contribution is 5.79. The van der Waals surface area contributed by atoms with E-state index in [1.807, 2.05) is 6.92 Å². The van der Waals surface area contributed by atoms with E-state index in [2.05, 4.69) is 26.9 Å². The first kappa shape index (κ1) is 19.9. The lowest BCUT2D eigenvalue weighted by molar-refractivity contribution is -0.124. The van der Waals surface area contributed by atoms with Gasteiger partial charge in [-0.1, -0.05) is 19.3 Å². The van der Waals surface area contributed by atoms with E-state index in [0.717, 1.165) is 51.6 Å². The van der Waals surface area contributed by atoms with Gasteiger partial charge in [0.1, 0.15) is 5.54 Å². The van der Waals surface area contributed by atoms with Gasteiger partial charge < -0.3 is 16.0 Å². The van der Waals surface area contributed by atoms with Gasteiger partial charge in [0.2, 0.25) is 5.91 Å². The second-order valence-corrected chi connectivity index (χ2v) is 8.64. The standard InChI is InChI=1S/C20H33N5O2/c1-20(14-21,15-7-8-15)24-18(26)13-25-11-9-17(10-12-25)23-19(27)22-16-5-3-2-4-6-16/h15-17H,2-13H2,1H3,(H,24,26)(H2,22,23,27). The third-order valence-corrected chi connectivity index (χ3v) is 6.26. The van der Waals surface area contributed by atoms with E-state index < -0.39 is 5.54 Å². The van der Waals surface area contributed by atoms with E-state index in [9.17, 15) is 14.9 Å². The van der Waals surface area contributed by atoms with E-state index in [1.54, 1.807) is 0 Å². The Morgan fingerprint density at radius 2 is 1.59 bits per heavy atom. The van der Waals surface area contributed by atoms with Crippen molar-refractivity contribution in [2.24, 2.45) is 5.92 Å². The Bertz CT molecular complexity index is 571. The SMILES string of the molecule is CC(C#N)(NC(=O)CN1CCC(NC(=O)NC2CCCCC2)CC1)C1CC1. The molecule has 1 aliphatic heterocycles. The minimum absolute atomic E-state index is 0.0488. The van der Waals surface area contributed by atoms with Crippen LogP contribution in [0.3, 0.4) is 0 Å². The van der Waals surface area contributed by atoms with Crippen LogP contribution < -0.4 is 16.0 Å². The maximum absolute atomic E-state index is 12.3. The lowest BCUT2D eigenvalue weighted by atomic mass is 9.96. The highest BCUT2D eigenvalue weighted by Gasteiger charge is 2.43. The number of rotatable bonds is 6. The van der Waals surface area contributed by atoms with Crippen LogP contribution in [-0.2, 0) is 4.79 Å². The molecule has 150 valence electrons. The first-order chi connectivity index (χ1) is 13.0. The molecule has 3 fully saturated rings. The van der Waals surface area contributed by atoms with Gasteiger partial charge in [-0.25, -0.2) is 4.79 Å². The van der Waals surface area contributed by atoms with E-state index in [4.69, 9.17) is 0 Å². The molecule has 0 bridgehead atoms. The number of nitrogens with zero attached hydrogens (tertiary/aromatic N) is 2. The Labute approximate surface area is 162 Å². The number of piperidine rings is 1. The molecule has 0 aromatic carbocycles. The van der Waals surface area contributed by atoms with Crippen molar-refractivity contribution >= 4 is 11.9 Å². The number of carbonyl (C=O) groups excluding carboxylic acids is 2. The molecule has 3 N–H and O–H groups in total. The summed E-state index contributed by atoms with van der Waals surface area (Å²) in [5, 5.41) is 18.5. The van der Waals surface area contributed by atoms with Gasteiger partial charge in [0.05, 0.1) is 12.6 Å². The number of nitriles is 1. The fourth-order valence-electron chi connectivity index (χ4n) is 4.31. The number of hydrogen-bond donors (Lipinski definition) is 3. The molecule has 2 aliphatic carbocycles. The van der Waals surface area contributed by atoms with Crippen LogP contribution in [-0.4, -0.2) is 54.1 Å². The Balaban J connectivity index is 1.34. The topological polar surface area (TPSA) is 97.3 Å². The van der Waals surface area contributed by atoms with Crippen LogP contribution in [0.4, 0.5) is 4.79 Å². The molecule has 7 nitrogen and oxygen atoms in total. The molecule has 0 radical (unpaired) electrons. The van der Waals surface area contributed by atoms with Gasteiger partial charge in [0.25, 0.3) is 0 Å². The van der Waals surface area contributed by atoms with Crippen molar-refractivity contribution in [1.29, 1.82) is 5.26 Å². The van der Waals surface area contributed by atoms with Crippen molar-refractivity contribution < 1.29 is 9.59 Å². The molecule has 0 aromatic heterocycles. The molecule has 1 unspecified atom stereocenters. The summed E-state index contributed by atoms with van der Waals surface area (Å²) in [6.45, 7) is 3.72. The lowest BCUT2D eigenvalue weighted by Gasteiger charge is -2.33.